The van der Waals surface area contributed by atoms with Crippen molar-refractivity contribution in [1.29, 1.82) is 5.26 Å². The first-order valence-corrected chi connectivity index (χ1v) is 6.79. The number of likely N-dealkylation sites (N-methyl/N-ethyl adjacent to an activating group) is 1. The molecular formula is C14H19ClFN3. The first-order valence-electron chi connectivity index (χ1n) is 6.42. The van der Waals surface area contributed by atoms with Gasteiger partial charge >= 0.3 is 0 Å². The van der Waals surface area contributed by atoms with Crippen LogP contribution in [0.15, 0.2) is 18.2 Å². The molecule has 0 spiro atoms. The fraction of sp³-hybridized carbons (Fsp3) is 0.500. The number of nitriles is 1. The Morgan fingerprint density at radius 1 is 1.37 bits per heavy atom. The van der Waals surface area contributed by atoms with Crippen LogP contribution < -0.4 is 5.32 Å². The molecule has 1 aromatic carbocycles. The molecule has 0 radical (unpaired) electrons. The largest absolute Gasteiger partial charge is 0.303 e. The van der Waals surface area contributed by atoms with E-state index in [-0.39, 0.29) is 0 Å². The highest BCUT2D eigenvalue weighted by molar-refractivity contribution is 6.30. The van der Waals surface area contributed by atoms with E-state index in [1.807, 2.05) is 0 Å². The standard InChI is InChI=1S/C14H19ClFN3/c1-3-19(4-2)6-5-18-14(10-17)11-7-12(15)9-13(16)8-11/h7-9,14,18H,3-6H2,1-2H3. The molecule has 0 aromatic heterocycles. The molecule has 1 rings (SSSR count). The highest BCUT2D eigenvalue weighted by atomic mass is 35.5. The predicted octanol–water partition coefficient (Wildman–Crippen LogP) is 2.98. The summed E-state index contributed by atoms with van der Waals surface area (Å²) >= 11 is 5.80. The van der Waals surface area contributed by atoms with Crippen LogP contribution in [0.25, 0.3) is 0 Å². The molecule has 0 bridgehead atoms. The van der Waals surface area contributed by atoms with Gasteiger partial charge in [-0.15, -0.1) is 0 Å². The van der Waals surface area contributed by atoms with E-state index in [0.29, 0.717) is 17.1 Å². The van der Waals surface area contributed by atoms with Gasteiger partial charge in [-0.1, -0.05) is 25.4 Å². The predicted molar refractivity (Wildman–Crippen MR) is 75.6 cm³/mol. The van der Waals surface area contributed by atoms with Gasteiger partial charge in [0.25, 0.3) is 0 Å². The topological polar surface area (TPSA) is 39.1 Å². The minimum Gasteiger partial charge on any atom is -0.303 e. The van der Waals surface area contributed by atoms with E-state index < -0.39 is 11.9 Å². The quantitative estimate of drug-likeness (QED) is 0.836. The third-order valence-corrected chi connectivity index (χ3v) is 3.24. The first-order chi connectivity index (χ1) is 9.10. The van der Waals surface area contributed by atoms with E-state index in [1.54, 1.807) is 6.07 Å². The second kappa shape index (κ2) is 8.11. The number of hydrogen-bond donors (Lipinski definition) is 1. The maximum atomic E-state index is 13.3. The van der Waals surface area contributed by atoms with Gasteiger partial charge in [-0.05, 0) is 36.9 Å². The van der Waals surface area contributed by atoms with Crippen molar-refractivity contribution >= 4 is 11.6 Å². The monoisotopic (exact) mass is 283 g/mol. The van der Waals surface area contributed by atoms with E-state index in [2.05, 4.69) is 30.1 Å². The van der Waals surface area contributed by atoms with Gasteiger partial charge in [0.2, 0.25) is 0 Å². The van der Waals surface area contributed by atoms with Crippen molar-refractivity contribution in [1.82, 2.24) is 10.2 Å². The van der Waals surface area contributed by atoms with Gasteiger partial charge in [-0.3, -0.25) is 5.32 Å². The highest BCUT2D eigenvalue weighted by Crippen LogP contribution is 2.19. The van der Waals surface area contributed by atoms with Crippen LogP contribution in [-0.2, 0) is 0 Å². The van der Waals surface area contributed by atoms with E-state index in [1.165, 1.54) is 12.1 Å². The zero-order valence-corrected chi connectivity index (χ0v) is 12.0. The summed E-state index contributed by atoms with van der Waals surface area (Å²) < 4.78 is 13.3. The van der Waals surface area contributed by atoms with Crippen molar-refractivity contribution in [2.45, 2.75) is 19.9 Å². The lowest BCUT2D eigenvalue weighted by molar-refractivity contribution is 0.300. The van der Waals surface area contributed by atoms with Gasteiger partial charge in [-0.25, -0.2) is 4.39 Å². The summed E-state index contributed by atoms with van der Waals surface area (Å²) in [4.78, 5) is 2.25. The molecule has 1 unspecified atom stereocenters. The summed E-state index contributed by atoms with van der Waals surface area (Å²) in [6.45, 7) is 7.67. The smallest absolute Gasteiger partial charge is 0.125 e. The van der Waals surface area contributed by atoms with Crippen molar-refractivity contribution in [3.63, 3.8) is 0 Å². The van der Waals surface area contributed by atoms with Crippen LogP contribution >= 0.6 is 11.6 Å². The fourth-order valence-electron chi connectivity index (χ4n) is 1.89. The number of rotatable bonds is 7. The van der Waals surface area contributed by atoms with Crippen LogP contribution in [0.5, 0.6) is 0 Å². The van der Waals surface area contributed by atoms with Crippen molar-refractivity contribution in [3.05, 3.63) is 34.6 Å². The minimum atomic E-state index is -0.538. The van der Waals surface area contributed by atoms with Crippen LogP contribution in [-0.4, -0.2) is 31.1 Å². The second-order valence-corrected chi connectivity index (χ2v) is 4.68. The molecule has 0 amide bonds. The molecule has 0 saturated heterocycles. The summed E-state index contributed by atoms with van der Waals surface area (Å²) in [6, 6.07) is 5.77. The fourth-order valence-corrected chi connectivity index (χ4v) is 2.12. The zero-order valence-electron chi connectivity index (χ0n) is 11.3. The van der Waals surface area contributed by atoms with E-state index in [4.69, 9.17) is 16.9 Å². The Morgan fingerprint density at radius 3 is 2.58 bits per heavy atom. The number of nitrogens with zero attached hydrogens (tertiary/aromatic N) is 2. The lowest BCUT2D eigenvalue weighted by Crippen LogP contribution is -2.33. The summed E-state index contributed by atoms with van der Waals surface area (Å²) in [5.41, 5.74) is 0.562. The summed E-state index contributed by atoms with van der Waals surface area (Å²) in [5, 5.41) is 12.6. The van der Waals surface area contributed by atoms with Crippen LogP contribution in [0, 0.1) is 17.1 Å². The Balaban J connectivity index is 2.61. The molecule has 0 heterocycles. The lowest BCUT2D eigenvalue weighted by Gasteiger charge is -2.19. The number of halogens is 2. The molecule has 1 atom stereocenters. The van der Waals surface area contributed by atoms with Crippen molar-refractivity contribution < 1.29 is 4.39 Å². The molecule has 3 nitrogen and oxygen atoms in total. The van der Waals surface area contributed by atoms with Gasteiger partial charge in [0, 0.05) is 18.1 Å². The Hall–Kier alpha value is -1.15. The Bertz CT molecular complexity index is 421. The SMILES string of the molecule is CCN(CC)CCNC(C#N)c1cc(F)cc(Cl)c1. The summed E-state index contributed by atoms with van der Waals surface area (Å²) in [5.74, 6) is -0.423. The number of nitrogens with one attached hydrogen (secondary N) is 1. The molecule has 0 aliphatic carbocycles. The third kappa shape index (κ3) is 5.15. The minimum absolute atomic E-state index is 0.306. The van der Waals surface area contributed by atoms with Gasteiger partial charge < -0.3 is 4.90 Å². The maximum absolute atomic E-state index is 13.3. The first kappa shape index (κ1) is 15.9. The van der Waals surface area contributed by atoms with Crippen LogP contribution in [0.1, 0.15) is 25.5 Å². The Labute approximate surface area is 119 Å². The summed E-state index contributed by atoms with van der Waals surface area (Å²) in [7, 11) is 0. The second-order valence-electron chi connectivity index (χ2n) is 4.25. The Morgan fingerprint density at radius 2 is 2.05 bits per heavy atom. The van der Waals surface area contributed by atoms with E-state index in [0.717, 1.165) is 19.6 Å². The zero-order chi connectivity index (χ0) is 14.3. The molecule has 0 fully saturated rings. The van der Waals surface area contributed by atoms with Crippen molar-refractivity contribution in [2.24, 2.45) is 0 Å². The van der Waals surface area contributed by atoms with Gasteiger partial charge in [-0.2, -0.15) is 5.26 Å². The normalized spacial score (nSPS) is 12.4. The van der Waals surface area contributed by atoms with Gasteiger partial charge in [0.05, 0.1) is 6.07 Å². The average molecular weight is 284 g/mol. The maximum Gasteiger partial charge on any atom is 0.125 e. The average Bonchev–Trinajstić information content (AvgIpc) is 2.38. The number of hydrogen-bond acceptors (Lipinski definition) is 3. The molecule has 0 aliphatic heterocycles. The Kier molecular flexibility index (Phi) is 6.79. The molecule has 5 heteroatoms. The molecule has 0 saturated carbocycles. The van der Waals surface area contributed by atoms with Crippen LogP contribution in [0.3, 0.4) is 0 Å². The summed E-state index contributed by atoms with van der Waals surface area (Å²) in [6.07, 6.45) is 0. The van der Waals surface area contributed by atoms with Gasteiger partial charge in [0.15, 0.2) is 0 Å². The number of benzene rings is 1. The highest BCUT2D eigenvalue weighted by Gasteiger charge is 2.12. The molecule has 0 aliphatic rings. The van der Waals surface area contributed by atoms with Crippen molar-refractivity contribution in [3.8, 4) is 6.07 Å². The third-order valence-electron chi connectivity index (χ3n) is 3.02. The van der Waals surface area contributed by atoms with Crippen LogP contribution in [0.2, 0.25) is 5.02 Å². The van der Waals surface area contributed by atoms with Gasteiger partial charge in [0.1, 0.15) is 11.9 Å². The molecule has 104 valence electrons. The molecule has 1 aromatic rings. The van der Waals surface area contributed by atoms with E-state index >= 15 is 0 Å². The van der Waals surface area contributed by atoms with Crippen LogP contribution in [0.4, 0.5) is 4.39 Å². The molecule has 19 heavy (non-hydrogen) atoms. The lowest BCUT2D eigenvalue weighted by atomic mass is 10.1. The molecule has 1 N–H and O–H groups in total. The van der Waals surface area contributed by atoms with Crippen molar-refractivity contribution in [2.75, 3.05) is 26.2 Å². The molecular weight excluding hydrogens is 265 g/mol. The van der Waals surface area contributed by atoms with E-state index in [9.17, 15) is 4.39 Å².